The highest BCUT2D eigenvalue weighted by molar-refractivity contribution is 8.12. The summed E-state index contributed by atoms with van der Waals surface area (Å²) in [6, 6.07) is 0. The van der Waals surface area contributed by atoms with E-state index in [0.717, 1.165) is 0 Å². The number of carbonyl (C=O) groups is 2. The lowest BCUT2D eigenvalue weighted by Gasteiger charge is -2.18. The maximum atomic E-state index is 10.7. The Hall–Kier alpha value is -0.780. The van der Waals surface area contributed by atoms with E-state index in [2.05, 4.69) is 15.4 Å². The third kappa shape index (κ3) is 22.8. The van der Waals surface area contributed by atoms with Gasteiger partial charge in [-0.2, -0.15) is 16.8 Å². The van der Waals surface area contributed by atoms with E-state index < -0.39 is 30.2 Å². The summed E-state index contributed by atoms with van der Waals surface area (Å²) >= 11 is 0. The Morgan fingerprint density at radius 2 is 1.53 bits per heavy atom. The molecule has 0 aromatic carbocycles. The maximum Gasteiger partial charge on any atom is 0.422 e. The van der Waals surface area contributed by atoms with Crippen molar-refractivity contribution in [1.29, 1.82) is 0 Å². The molecule has 114 valence electrons. The molecule has 0 unspecified atom stereocenters. The molecule has 0 aliphatic rings. The van der Waals surface area contributed by atoms with Gasteiger partial charge in [-0.1, -0.05) is 0 Å². The second-order valence-electron chi connectivity index (χ2n) is 3.72. The van der Waals surface area contributed by atoms with Crippen LogP contribution in [0.25, 0.3) is 0 Å². The van der Waals surface area contributed by atoms with Gasteiger partial charge in [0.15, 0.2) is 0 Å². The number of ether oxygens (including phenoxy) is 1. The summed E-state index contributed by atoms with van der Waals surface area (Å²) < 4.78 is 47.3. The fourth-order valence-electron chi connectivity index (χ4n) is 0.456. The van der Waals surface area contributed by atoms with Gasteiger partial charge in [-0.15, -0.1) is 0 Å². The molecule has 0 saturated heterocycles. The van der Waals surface area contributed by atoms with Crippen LogP contribution < -0.4 is 9.44 Å². The first kappa shape index (κ1) is 20.5. The van der Waals surface area contributed by atoms with Crippen LogP contribution in [0, 0.1) is 0 Å². The molecule has 0 aliphatic carbocycles. The van der Waals surface area contributed by atoms with E-state index in [1.807, 2.05) is 0 Å². The summed E-state index contributed by atoms with van der Waals surface area (Å²) in [7, 11) is 1.31. The molecule has 0 aromatic heterocycles. The number of rotatable bonds is 3. The van der Waals surface area contributed by atoms with Gasteiger partial charge in [0.05, 0.1) is 0 Å². The Labute approximate surface area is 119 Å². The number of hydrogen-bond donors (Lipinski definition) is 2. The van der Waals surface area contributed by atoms with Gasteiger partial charge in [-0.25, -0.2) is 14.2 Å². The molecule has 0 bridgehead atoms. The second-order valence-corrected chi connectivity index (χ2v) is 8.34. The topological polar surface area (TPSA) is 136 Å². The van der Waals surface area contributed by atoms with Gasteiger partial charge >= 0.3 is 24.6 Å². The average Bonchev–Trinajstić information content (AvgIpc) is 1.92. The van der Waals surface area contributed by atoms with Crippen LogP contribution in [0.2, 0.25) is 0 Å². The summed E-state index contributed by atoms with van der Waals surface area (Å²) in [6.45, 7) is 4.81. The highest BCUT2D eigenvalue weighted by atomic mass is 35.7. The van der Waals surface area contributed by atoms with Gasteiger partial charge in [-0.3, -0.25) is 4.79 Å². The smallest absolute Gasteiger partial charge is 0.422 e. The van der Waals surface area contributed by atoms with Crippen molar-refractivity contribution in [2.45, 2.75) is 26.4 Å². The normalized spacial score (nSPS) is 11.6. The molecule has 9 nitrogen and oxygen atoms in total. The number of halogens is 2. The van der Waals surface area contributed by atoms with Crippen molar-refractivity contribution in [3.05, 3.63) is 0 Å². The zero-order chi connectivity index (χ0) is 15.9. The van der Waals surface area contributed by atoms with Crippen molar-refractivity contribution < 1.29 is 31.2 Å². The molecule has 0 atom stereocenters. The first-order valence-electron chi connectivity index (χ1n) is 4.27. The van der Waals surface area contributed by atoms with Gasteiger partial charge in [0, 0.05) is 21.4 Å². The lowest BCUT2D eigenvalue weighted by Crippen LogP contribution is -2.34. The summed E-state index contributed by atoms with van der Waals surface area (Å²) in [5.74, 6) is 0. The summed E-state index contributed by atoms with van der Waals surface area (Å²) in [6.07, 6.45) is -1.10. The van der Waals surface area contributed by atoms with E-state index in [-0.39, 0.29) is 6.41 Å². The maximum absolute atomic E-state index is 10.7. The molecule has 0 heterocycles. The molecular formula is C6H12Cl2N2O7S2. The summed E-state index contributed by atoms with van der Waals surface area (Å²) in [5, 5.41) is 0. The van der Waals surface area contributed by atoms with Gasteiger partial charge in [0.1, 0.15) is 5.60 Å². The van der Waals surface area contributed by atoms with Crippen LogP contribution in [0.3, 0.4) is 0 Å². The number of hydrogen-bond acceptors (Lipinski definition) is 7. The van der Waals surface area contributed by atoms with E-state index in [9.17, 15) is 26.4 Å². The van der Waals surface area contributed by atoms with Crippen molar-refractivity contribution in [2.75, 3.05) is 0 Å². The van der Waals surface area contributed by atoms with Crippen LogP contribution in [0.4, 0.5) is 4.79 Å². The minimum absolute atomic E-state index is 0.0116. The van der Waals surface area contributed by atoms with E-state index >= 15 is 0 Å². The predicted octanol–water partition coefficient (Wildman–Crippen LogP) is 0.211. The van der Waals surface area contributed by atoms with Crippen LogP contribution in [-0.4, -0.2) is 34.9 Å². The SMILES string of the molecule is CC(C)(C)OC(=O)NS(=O)(=O)Cl.O=CNS(=O)(=O)Cl. The van der Waals surface area contributed by atoms with E-state index in [1.165, 1.54) is 9.44 Å². The third-order valence-corrected chi connectivity index (χ3v) is 2.08. The van der Waals surface area contributed by atoms with Crippen LogP contribution in [-0.2, 0) is 28.0 Å². The molecule has 13 heteroatoms. The largest absolute Gasteiger partial charge is 0.443 e. The molecule has 0 fully saturated rings. The summed E-state index contributed by atoms with van der Waals surface area (Å²) in [4.78, 5) is 19.9. The van der Waals surface area contributed by atoms with Crippen molar-refractivity contribution in [3.8, 4) is 0 Å². The fraction of sp³-hybridized carbons (Fsp3) is 0.667. The number of amides is 2. The van der Waals surface area contributed by atoms with E-state index in [4.69, 9.17) is 10.7 Å². The summed E-state index contributed by atoms with van der Waals surface area (Å²) in [5.41, 5.74) is -0.744. The van der Waals surface area contributed by atoms with E-state index in [1.54, 1.807) is 20.8 Å². The van der Waals surface area contributed by atoms with Crippen LogP contribution in [0.1, 0.15) is 20.8 Å². The molecule has 0 radical (unpaired) electrons. The van der Waals surface area contributed by atoms with Gasteiger partial charge in [0.25, 0.3) is 0 Å². The van der Waals surface area contributed by atoms with Crippen LogP contribution in [0.5, 0.6) is 0 Å². The fourth-order valence-corrected chi connectivity index (χ4v) is 1.11. The Morgan fingerprint density at radius 3 is 1.68 bits per heavy atom. The quantitative estimate of drug-likeness (QED) is 0.543. The van der Waals surface area contributed by atoms with Crippen molar-refractivity contribution in [1.82, 2.24) is 9.44 Å². The Bertz CT molecular complexity index is 508. The molecule has 0 spiro atoms. The molecule has 0 aromatic rings. The van der Waals surface area contributed by atoms with Crippen molar-refractivity contribution in [3.63, 3.8) is 0 Å². The van der Waals surface area contributed by atoms with E-state index in [0.29, 0.717) is 0 Å². The first-order valence-corrected chi connectivity index (χ1v) is 8.89. The monoisotopic (exact) mass is 358 g/mol. The van der Waals surface area contributed by atoms with Gasteiger partial charge < -0.3 is 4.74 Å². The average molecular weight is 359 g/mol. The van der Waals surface area contributed by atoms with Crippen LogP contribution >= 0.6 is 21.4 Å². The number of nitrogens with one attached hydrogen (secondary N) is 2. The Morgan fingerprint density at radius 1 is 1.11 bits per heavy atom. The standard InChI is InChI=1S/C5H10ClNO4S.CH2ClNO3S/c1-5(2,3)11-4(8)7-12(6,9)10;2-7(5,6)3-1-4/h1-3H3,(H,7,8);1H,(H,3,4). The molecular weight excluding hydrogens is 347 g/mol. The Balaban J connectivity index is 0. The molecule has 2 N–H and O–H groups in total. The first-order chi connectivity index (χ1) is 8.16. The zero-order valence-corrected chi connectivity index (χ0v) is 13.2. The highest BCUT2D eigenvalue weighted by Gasteiger charge is 2.19. The minimum Gasteiger partial charge on any atom is -0.443 e. The second kappa shape index (κ2) is 7.72. The zero-order valence-electron chi connectivity index (χ0n) is 10.0. The van der Waals surface area contributed by atoms with Crippen LogP contribution in [0.15, 0.2) is 0 Å². The third-order valence-electron chi connectivity index (χ3n) is 0.793. The van der Waals surface area contributed by atoms with Crippen molar-refractivity contribution >= 4 is 52.3 Å². The molecule has 0 aliphatic heterocycles. The van der Waals surface area contributed by atoms with Gasteiger partial charge in [0.2, 0.25) is 6.41 Å². The Kier molecular flexibility index (Phi) is 8.35. The molecule has 0 rings (SSSR count). The molecule has 2 amide bonds. The lowest BCUT2D eigenvalue weighted by atomic mass is 10.2. The van der Waals surface area contributed by atoms with Gasteiger partial charge in [-0.05, 0) is 20.8 Å². The highest BCUT2D eigenvalue weighted by Crippen LogP contribution is 2.07. The molecule has 19 heavy (non-hydrogen) atoms. The minimum atomic E-state index is -4.05. The number of carbonyl (C=O) groups excluding carboxylic acids is 2. The lowest BCUT2D eigenvalue weighted by molar-refractivity contribution is -0.108. The van der Waals surface area contributed by atoms with Crippen molar-refractivity contribution in [2.24, 2.45) is 0 Å². The predicted molar refractivity (Wildman–Crippen MR) is 68.1 cm³/mol. The molecule has 0 saturated carbocycles.